The number of amides is 1. The molecule has 0 aliphatic rings. The highest BCUT2D eigenvalue weighted by atomic mass is 16.5. The van der Waals surface area contributed by atoms with E-state index in [1.54, 1.807) is 36.5 Å². The lowest BCUT2D eigenvalue weighted by Crippen LogP contribution is -2.41. The van der Waals surface area contributed by atoms with Gasteiger partial charge in [-0.2, -0.15) is 0 Å². The second-order valence-electron chi connectivity index (χ2n) is 6.25. The number of fused-ring (bicyclic) bond motifs is 1. The molecule has 3 aromatic rings. The molecule has 0 radical (unpaired) electrons. The first-order chi connectivity index (χ1) is 13.0. The normalized spacial score (nSPS) is 13.0. The third-order valence-electron chi connectivity index (χ3n) is 4.25. The van der Waals surface area contributed by atoms with Crippen molar-refractivity contribution in [1.29, 1.82) is 0 Å². The summed E-state index contributed by atoms with van der Waals surface area (Å²) in [5.74, 6) is -1.35. The van der Waals surface area contributed by atoms with Gasteiger partial charge in [0.25, 0.3) is 5.91 Å². The van der Waals surface area contributed by atoms with Gasteiger partial charge in [-0.1, -0.05) is 36.4 Å². The van der Waals surface area contributed by atoms with Gasteiger partial charge in [0.15, 0.2) is 6.10 Å². The molecule has 3 rings (SSSR count). The Morgan fingerprint density at radius 3 is 2.37 bits per heavy atom. The van der Waals surface area contributed by atoms with Gasteiger partial charge in [-0.3, -0.25) is 9.59 Å². The van der Waals surface area contributed by atoms with Crippen molar-refractivity contribution < 1.29 is 19.1 Å². The van der Waals surface area contributed by atoms with Crippen LogP contribution in [0.25, 0.3) is 10.9 Å². The predicted molar refractivity (Wildman–Crippen MR) is 102 cm³/mol. The second kappa shape index (κ2) is 7.86. The Kier molecular flexibility index (Phi) is 5.35. The Morgan fingerprint density at radius 2 is 1.63 bits per heavy atom. The van der Waals surface area contributed by atoms with Crippen LogP contribution in [-0.2, 0) is 9.53 Å². The number of hydrogen-bond donors (Lipinski definition) is 2. The second-order valence-corrected chi connectivity index (χ2v) is 6.25. The van der Waals surface area contributed by atoms with Crippen LogP contribution in [0.2, 0.25) is 0 Å². The monoisotopic (exact) mass is 364 g/mol. The summed E-state index contributed by atoms with van der Waals surface area (Å²) in [4.78, 5) is 40.0. The van der Waals surface area contributed by atoms with Gasteiger partial charge in [0.05, 0.1) is 0 Å². The lowest BCUT2D eigenvalue weighted by Gasteiger charge is -2.17. The summed E-state index contributed by atoms with van der Waals surface area (Å²) in [5.41, 5.74) is 1.75. The molecule has 0 fully saturated rings. The van der Waals surface area contributed by atoms with Crippen LogP contribution in [0.5, 0.6) is 0 Å². The first kappa shape index (κ1) is 18.4. The maximum atomic E-state index is 12.6. The fourth-order valence-corrected chi connectivity index (χ4v) is 2.75. The molecule has 0 bridgehead atoms. The SMILES string of the molecule is C[C@H](NC(=O)c1ccccc1)C(=O)O[C@@H](C)C(=O)c1c[nH]c2ccccc12. The standard InChI is InChI=1S/C21H20N2O4/c1-13(23-20(25)15-8-4-3-5-9-15)21(26)27-14(2)19(24)17-12-22-18-11-7-6-10-16(17)18/h3-14,22H,1-2H3,(H,23,25)/t13-,14-/m0/s1. The zero-order valence-electron chi connectivity index (χ0n) is 15.1. The van der Waals surface area contributed by atoms with E-state index in [1.807, 2.05) is 24.3 Å². The lowest BCUT2D eigenvalue weighted by atomic mass is 10.1. The minimum atomic E-state index is -0.965. The fraction of sp³-hybridized carbons (Fsp3) is 0.190. The molecule has 2 aromatic carbocycles. The van der Waals surface area contributed by atoms with Crippen molar-refractivity contribution in [2.45, 2.75) is 26.0 Å². The van der Waals surface area contributed by atoms with Crippen LogP contribution in [0.1, 0.15) is 34.6 Å². The molecule has 0 spiro atoms. The number of H-pyrrole nitrogens is 1. The van der Waals surface area contributed by atoms with E-state index in [-0.39, 0.29) is 11.7 Å². The molecule has 2 N–H and O–H groups in total. The van der Waals surface area contributed by atoms with Crippen molar-refractivity contribution in [2.24, 2.45) is 0 Å². The van der Waals surface area contributed by atoms with Crippen LogP contribution in [-0.4, -0.2) is 34.8 Å². The third kappa shape index (κ3) is 4.06. The van der Waals surface area contributed by atoms with Gasteiger partial charge >= 0.3 is 5.97 Å². The maximum Gasteiger partial charge on any atom is 0.329 e. The van der Waals surface area contributed by atoms with E-state index in [1.165, 1.54) is 13.8 Å². The molecule has 1 aromatic heterocycles. The first-order valence-electron chi connectivity index (χ1n) is 8.64. The van der Waals surface area contributed by atoms with E-state index >= 15 is 0 Å². The molecule has 0 saturated carbocycles. The highest BCUT2D eigenvalue weighted by Crippen LogP contribution is 2.20. The van der Waals surface area contributed by atoms with Crippen molar-refractivity contribution in [3.05, 3.63) is 71.9 Å². The molecule has 138 valence electrons. The Bertz CT molecular complexity index is 978. The Morgan fingerprint density at radius 1 is 0.963 bits per heavy atom. The van der Waals surface area contributed by atoms with Crippen molar-refractivity contribution in [3.8, 4) is 0 Å². The molecule has 27 heavy (non-hydrogen) atoms. The number of ketones is 1. The van der Waals surface area contributed by atoms with Gasteiger partial charge < -0.3 is 15.0 Å². The number of carbonyl (C=O) groups excluding carboxylic acids is 3. The van der Waals surface area contributed by atoms with E-state index in [0.29, 0.717) is 11.1 Å². The summed E-state index contributed by atoms with van der Waals surface area (Å²) in [6, 6.07) is 15.1. The number of benzene rings is 2. The van der Waals surface area contributed by atoms with E-state index in [4.69, 9.17) is 4.74 Å². The smallest absolute Gasteiger partial charge is 0.329 e. The average molecular weight is 364 g/mol. The number of aromatic nitrogens is 1. The largest absolute Gasteiger partial charge is 0.453 e. The topological polar surface area (TPSA) is 88.3 Å². The molecule has 0 aliphatic carbocycles. The predicted octanol–water partition coefficient (Wildman–Crippen LogP) is 3.10. The molecule has 0 unspecified atom stereocenters. The van der Waals surface area contributed by atoms with Crippen LogP contribution in [0.4, 0.5) is 0 Å². The van der Waals surface area contributed by atoms with Gasteiger partial charge in [-0.05, 0) is 32.0 Å². The molecule has 2 atom stereocenters. The molecule has 1 heterocycles. The molecule has 6 nitrogen and oxygen atoms in total. The number of nitrogens with one attached hydrogen (secondary N) is 2. The van der Waals surface area contributed by atoms with Crippen LogP contribution < -0.4 is 5.32 Å². The van der Waals surface area contributed by atoms with E-state index in [9.17, 15) is 14.4 Å². The Balaban J connectivity index is 1.62. The minimum absolute atomic E-state index is 0.303. The zero-order valence-corrected chi connectivity index (χ0v) is 15.1. The van der Waals surface area contributed by atoms with E-state index in [0.717, 1.165) is 10.9 Å². The Hall–Kier alpha value is -3.41. The highest BCUT2D eigenvalue weighted by molar-refractivity contribution is 6.10. The van der Waals surface area contributed by atoms with Crippen LogP contribution in [0, 0.1) is 0 Å². The fourth-order valence-electron chi connectivity index (χ4n) is 2.75. The van der Waals surface area contributed by atoms with Crippen molar-refractivity contribution in [2.75, 3.05) is 0 Å². The highest BCUT2D eigenvalue weighted by Gasteiger charge is 2.25. The van der Waals surface area contributed by atoms with Gasteiger partial charge in [-0.15, -0.1) is 0 Å². The van der Waals surface area contributed by atoms with E-state index in [2.05, 4.69) is 10.3 Å². The van der Waals surface area contributed by atoms with Gasteiger partial charge in [-0.25, -0.2) is 4.79 Å². The Labute approximate surface area is 156 Å². The first-order valence-corrected chi connectivity index (χ1v) is 8.64. The third-order valence-corrected chi connectivity index (χ3v) is 4.25. The zero-order chi connectivity index (χ0) is 19.4. The quantitative estimate of drug-likeness (QED) is 0.520. The van der Waals surface area contributed by atoms with Gasteiger partial charge in [0, 0.05) is 28.2 Å². The van der Waals surface area contributed by atoms with Crippen molar-refractivity contribution in [1.82, 2.24) is 10.3 Å². The van der Waals surface area contributed by atoms with Crippen LogP contribution in [0.3, 0.4) is 0 Å². The number of Topliss-reactive ketones (excluding diaryl/α,β-unsaturated/α-hetero) is 1. The number of ether oxygens (including phenoxy) is 1. The molecule has 6 heteroatoms. The summed E-state index contributed by atoms with van der Waals surface area (Å²) in [7, 11) is 0. The summed E-state index contributed by atoms with van der Waals surface area (Å²) in [5, 5.41) is 3.35. The number of hydrogen-bond acceptors (Lipinski definition) is 4. The van der Waals surface area contributed by atoms with E-state index < -0.39 is 18.1 Å². The number of rotatable bonds is 6. The molecular formula is C21H20N2O4. The van der Waals surface area contributed by atoms with Crippen LogP contribution in [0.15, 0.2) is 60.8 Å². The summed E-state index contributed by atoms with van der Waals surface area (Å²) < 4.78 is 5.27. The number of carbonyl (C=O) groups is 3. The van der Waals surface area contributed by atoms with Gasteiger partial charge in [0.2, 0.25) is 5.78 Å². The van der Waals surface area contributed by atoms with Crippen molar-refractivity contribution >= 4 is 28.6 Å². The number of esters is 1. The number of aromatic amines is 1. The molecule has 1 amide bonds. The molecule has 0 saturated heterocycles. The van der Waals surface area contributed by atoms with Crippen molar-refractivity contribution in [3.63, 3.8) is 0 Å². The van der Waals surface area contributed by atoms with Gasteiger partial charge in [0.1, 0.15) is 6.04 Å². The maximum absolute atomic E-state index is 12.6. The summed E-state index contributed by atoms with van der Waals surface area (Å²) in [6.07, 6.45) is 0.644. The molecule has 0 aliphatic heterocycles. The molecular weight excluding hydrogens is 344 g/mol. The summed E-state index contributed by atoms with van der Waals surface area (Å²) in [6.45, 7) is 3.04. The lowest BCUT2D eigenvalue weighted by molar-refractivity contribution is -0.148. The van der Waals surface area contributed by atoms with Crippen LogP contribution >= 0.6 is 0 Å². The minimum Gasteiger partial charge on any atom is -0.453 e. The average Bonchev–Trinajstić information content (AvgIpc) is 3.12. The number of para-hydroxylation sites is 1. The summed E-state index contributed by atoms with van der Waals surface area (Å²) >= 11 is 0.